The number of carbonyl (C=O) groups excluding carboxylic acids is 1. The SMILES string of the molecule is C=C(CC=O)CN1CCCCC1. The Morgan fingerprint density at radius 2 is 2.00 bits per heavy atom. The summed E-state index contributed by atoms with van der Waals surface area (Å²) in [6.45, 7) is 7.14. The highest BCUT2D eigenvalue weighted by atomic mass is 16.1. The normalized spacial score (nSPS) is 19.0. The van der Waals surface area contributed by atoms with Crippen LogP contribution < -0.4 is 0 Å². The third-order valence-electron chi connectivity index (χ3n) is 2.27. The standard InChI is InChI=1S/C10H17NO/c1-10(5-8-12)9-11-6-3-2-4-7-11/h8H,1-7,9H2. The molecular formula is C10H17NO. The molecule has 0 aliphatic carbocycles. The van der Waals surface area contributed by atoms with E-state index in [1.54, 1.807) is 0 Å². The van der Waals surface area contributed by atoms with Gasteiger partial charge in [-0.05, 0) is 25.9 Å². The average molecular weight is 167 g/mol. The molecule has 1 fully saturated rings. The van der Waals surface area contributed by atoms with Crippen LogP contribution in [-0.2, 0) is 4.79 Å². The zero-order chi connectivity index (χ0) is 8.81. The quantitative estimate of drug-likeness (QED) is 0.468. The van der Waals surface area contributed by atoms with Crippen molar-refractivity contribution in [3.05, 3.63) is 12.2 Å². The minimum absolute atomic E-state index is 0.524. The van der Waals surface area contributed by atoms with Crippen LogP contribution >= 0.6 is 0 Å². The van der Waals surface area contributed by atoms with Crippen molar-refractivity contribution in [1.29, 1.82) is 0 Å². The molecule has 1 saturated heterocycles. The van der Waals surface area contributed by atoms with Crippen molar-refractivity contribution in [1.82, 2.24) is 4.90 Å². The second-order valence-corrected chi connectivity index (χ2v) is 3.46. The summed E-state index contributed by atoms with van der Waals surface area (Å²) in [7, 11) is 0. The lowest BCUT2D eigenvalue weighted by atomic mass is 10.1. The van der Waals surface area contributed by atoms with E-state index in [4.69, 9.17) is 0 Å². The Kier molecular flexibility index (Phi) is 4.01. The summed E-state index contributed by atoms with van der Waals surface area (Å²) in [5, 5.41) is 0. The Morgan fingerprint density at radius 1 is 1.33 bits per heavy atom. The molecule has 1 heterocycles. The maximum atomic E-state index is 10.2. The van der Waals surface area contributed by atoms with Crippen molar-refractivity contribution in [2.75, 3.05) is 19.6 Å². The zero-order valence-corrected chi connectivity index (χ0v) is 7.59. The summed E-state index contributed by atoms with van der Waals surface area (Å²) in [6, 6.07) is 0. The van der Waals surface area contributed by atoms with Crippen LogP contribution in [0, 0.1) is 0 Å². The second kappa shape index (κ2) is 5.09. The topological polar surface area (TPSA) is 20.3 Å². The third kappa shape index (κ3) is 3.18. The number of carbonyl (C=O) groups is 1. The molecule has 0 radical (unpaired) electrons. The van der Waals surface area contributed by atoms with Crippen molar-refractivity contribution >= 4 is 6.29 Å². The number of nitrogens with zero attached hydrogens (tertiary/aromatic N) is 1. The van der Waals surface area contributed by atoms with Crippen LogP contribution in [-0.4, -0.2) is 30.8 Å². The molecule has 1 aliphatic heterocycles. The molecule has 0 atom stereocenters. The van der Waals surface area contributed by atoms with Gasteiger partial charge < -0.3 is 4.79 Å². The van der Waals surface area contributed by atoms with Gasteiger partial charge >= 0.3 is 0 Å². The van der Waals surface area contributed by atoms with Crippen molar-refractivity contribution < 1.29 is 4.79 Å². The number of hydrogen-bond donors (Lipinski definition) is 0. The minimum atomic E-state index is 0.524. The molecule has 0 amide bonds. The Bertz CT molecular complexity index is 159. The van der Waals surface area contributed by atoms with Gasteiger partial charge in [-0.3, -0.25) is 4.90 Å². The summed E-state index contributed by atoms with van der Waals surface area (Å²) in [5.41, 5.74) is 1.05. The van der Waals surface area contributed by atoms with Gasteiger partial charge in [0.2, 0.25) is 0 Å². The minimum Gasteiger partial charge on any atom is -0.303 e. The van der Waals surface area contributed by atoms with Crippen molar-refractivity contribution in [2.45, 2.75) is 25.7 Å². The van der Waals surface area contributed by atoms with Gasteiger partial charge in [0, 0.05) is 13.0 Å². The average Bonchev–Trinajstić information content (AvgIpc) is 2.06. The molecule has 0 unspecified atom stereocenters. The van der Waals surface area contributed by atoms with Gasteiger partial charge in [0.05, 0.1) is 0 Å². The fraction of sp³-hybridized carbons (Fsp3) is 0.700. The van der Waals surface area contributed by atoms with Gasteiger partial charge in [-0.25, -0.2) is 0 Å². The summed E-state index contributed by atoms with van der Waals surface area (Å²) in [4.78, 5) is 12.6. The van der Waals surface area contributed by atoms with Crippen LogP contribution in [0.4, 0.5) is 0 Å². The van der Waals surface area contributed by atoms with E-state index in [1.807, 2.05) is 0 Å². The van der Waals surface area contributed by atoms with Crippen molar-refractivity contribution in [2.24, 2.45) is 0 Å². The first kappa shape index (κ1) is 9.46. The molecule has 0 N–H and O–H groups in total. The first-order valence-corrected chi connectivity index (χ1v) is 4.65. The molecule has 1 rings (SSSR count). The third-order valence-corrected chi connectivity index (χ3v) is 2.27. The summed E-state index contributed by atoms with van der Waals surface area (Å²) >= 11 is 0. The van der Waals surface area contributed by atoms with E-state index in [1.165, 1.54) is 32.4 Å². The van der Waals surface area contributed by atoms with Gasteiger partial charge in [0.25, 0.3) is 0 Å². The Hall–Kier alpha value is -0.630. The number of aldehydes is 1. The molecule has 2 heteroatoms. The maximum Gasteiger partial charge on any atom is 0.124 e. The molecule has 1 aliphatic rings. The molecule has 0 saturated carbocycles. The number of hydrogen-bond acceptors (Lipinski definition) is 2. The molecule has 0 aromatic carbocycles. The lowest BCUT2D eigenvalue weighted by Crippen LogP contribution is -2.31. The second-order valence-electron chi connectivity index (χ2n) is 3.46. The molecular weight excluding hydrogens is 150 g/mol. The first-order valence-electron chi connectivity index (χ1n) is 4.65. The lowest BCUT2D eigenvalue weighted by molar-refractivity contribution is -0.107. The predicted octanol–water partition coefficient (Wildman–Crippen LogP) is 1.62. The number of rotatable bonds is 4. The van der Waals surface area contributed by atoms with E-state index in [-0.39, 0.29) is 0 Å². The Morgan fingerprint density at radius 3 is 2.58 bits per heavy atom. The Balaban J connectivity index is 2.19. The van der Waals surface area contributed by atoms with Gasteiger partial charge in [-0.2, -0.15) is 0 Å². The van der Waals surface area contributed by atoms with Crippen LogP contribution in [0.15, 0.2) is 12.2 Å². The fourth-order valence-corrected chi connectivity index (χ4v) is 1.62. The lowest BCUT2D eigenvalue weighted by Gasteiger charge is -2.26. The first-order chi connectivity index (χ1) is 5.83. The number of likely N-dealkylation sites (tertiary alicyclic amines) is 1. The van der Waals surface area contributed by atoms with E-state index in [9.17, 15) is 4.79 Å². The zero-order valence-electron chi connectivity index (χ0n) is 7.59. The van der Waals surface area contributed by atoms with Gasteiger partial charge in [0.15, 0.2) is 0 Å². The highest BCUT2D eigenvalue weighted by Crippen LogP contribution is 2.10. The molecule has 2 nitrogen and oxygen atoms in total. The van der Waals surface area contributed by atoms with Gasteiger partial charge in [-0.15, -0.1) is 0 Å². The van der Waals surface area contributed by atoms with Crippen LogP contribution in [0.25, 0.3) is 0 Å². The van der Waals surface area contributed by atoms with Crippen molar-refractivity contribution in [3.8, 4) is 0 Å². The highest BCUT2D eigenvalue weighted by molar-refractivity contribution is 5.53. The molecule has 68 valence electrons. The van der Waals surface area contributed by atoms with Crippen molar-refractivity contribution in [3.63, 3.8) is 0 Å². The number of piperidine rings is 1. The fourth-order valence-electron chi connectivity index (χ4n) is 1.62. The van der Waals surface area contributed by atoms with Crippen LogP contribution in [0.1, 0.15) is 25.7 Å². The van der Waals surface area contributed by atoms with E-state index in [0.717, 1.165) is 18.4 Å². The molecule has 0 aromatic rings. The highest BCUT2D eigenvalue weighted by Gasteiger charge is 2.09. The van der Waals surface area contributed by atoms with Crippen LogP contribution in [0.3, 0.4) is 0 Å². The largest absolute Gasteiger partial charge is 0.303 e. The monoisotopic (exact) mass is 167 g/mol. The summed E-state index contributed by atoms with van der Waals surface area (Å²) in [5.74, 6) is 0. The molecule has 12 heavy (non-hydrogen) atoms. The Labute approximate surface area is 74.2 Å². The molecule has 0 spiro atoms. The summed E-state index contributed by atoms with van der Waals surface area (Å²) in [6.07, 6.45) is 5.42. The van der Waals surface area contributed by atoms with Crippen LogP contribution in [0.2, 0.25) is 0 Å². The molecule has 0 aromatic heterocycles. The van der Waals surface area contributed by atoms with Gasteiger partial charge in [-0.1, -0.05) is 18.6 Å². The van der Waals surface area contributed by atoms with E-state index in [2.05, 4.69) is 11.5 Å². The van der Waals surface area contributed by atoms with Gasteiger partial charge in [0.1, 0.15) is 6.29 Å². The smallest absolute Gasteiger partial charge is 0.124 e. The maximum absolute atomic E-state index is 10.2. The molecule has 0 bridgehead atoms. The van der Waals surface area contributed by atoms with E-state index in [0.29, 0.717) is 6.42 Å². The summed E-state index contributed by atoms with van der Waals surface area (Å²) < 4.78 is 0. The van der Waals surface area contributed by atoms with E-state index < -0.39 is 0 Å². The van der Waals surface area contributed by atoms with E-state index >= 15 is 0 Å². The predicted molar refractivity (Wildman–Crippen MR) is 50.1 cm³/mol. The van der Waals surface area contributed by atoms with Crippen LogP contribution in [0.5, 0.6) is 0 Å².